The van der Waals surface area contributed by atoms with Gasteiger partial charge in [-0.3, -0.25) is 0 Å². The summed E-state index contributed by atoms with van der Waals surface area (Å²) in [5.74, 6) is -7.16. The summed E-state index contributed by atoms with van der Waals surface area (Å²) >= 11 is 0. The van der Waals surface area contributed by atoms with Gasteiger partial charge in [-0.05, 0) is 0 Å². The Labute approximate surface area is 82.5 Å². The van der Waals surface area contributed by atoms with Crippen LogP contribution in [-0.4, -0.2) is 31.1 Å². The van der Waals surface area contributed by atoms with E-state index >= 15 is 0 Å². The predicted molar refractivity (Wildman–Crippen MR) is 38.0 cm³/mol. The molecule has 0 saturated carbocycles. The second-order valence-corrected chi connectivity index (χ2v) is 9.24. The van der Waals surface area contributed by atoms with Crippen molar-refractivity contribution in [1.29, 1.82) is 0 Å². The van der Waals surface area contributed by atoms with Crippen LogP contribution < -0.4 is 0 Å². The van der Waals surface area contributed by atoms with Gasteiger partial charge in [0.1, 0.15) is 0 Å². The molecule has 0 aliphatic carbocycles. The topological polar surface area (TPSA) is 0 Å². The van der Waals surface area contributed by atoms with Gasteiger partial charge in [0.2, 0.25) is 0 Å². The molecule has 0 saturated heterocycles. The van der Waals surface area contributed by atoms with Crippen molar-refractivity contribution in [1.82, 2.24) is 0 Å². The van der Waals surface area contributed by atoms with Crippen LogP contribution in [0, 0.1) is 0 Å². The fourth-order valence-electron chi connectivity index (χ4n) is 0.611. The molecule has 0 fully saturated rings. The number of halogens is 10. The average molecular weight is 287 g/mol. The molecule has 0 aromatic rings. The molecule has 0 aliphatic rings. The number of hydrogen-bond acceptors (Lipinski definition) is 0. The second-order valence-electron chi connectivity index (χ2n) is 3.97. The molecule has 102 valence electrons. The van der Waals surface area contributed by atoms with Crippen molar-refractivity contribution in [2.24, 2.45) is 0 Å². The summed E-state index contributed by atoms with van der Waals surface area (Å²) in [6.45, 7) is -12.0. The van der Waals surface area contributed by atoms with Crippen molar-refractivity contribution < 1.29 is 43.3 Å². The van der Waals surface area contributed by atoms with Gasteiger partial charge in [-0.25, -0.2) is 0 Å². The van der Waals surface area contributed by atoms with Crippen LogP contribution in [0.15, 0.2) is 0 Å². The molecule has 0 aromatic carbocycles. The quantitative estimate of drug-likeness (QED) is 0.506. The zero-order valence-electron chi connectivity index (χ0n) is 7.73. The minimum absolute atomic E-state index is 1.20. The van der Waals surface area contributed by atoms with Crippen LogP contribution in [0.4, 0.5) is 43.3 Å². The third-order valence-corrected chi connectivity index (χ3v) is 3.65. The van der Waals surface area contributed by atoms with Gasteiger partial charge in [0, 0.05) is 0 Å². The van der Waals surface area contributed by atoms with E-state index in [0.717, 1.165) is 0 Å². The SMILES string of the molecule is C[P-](C)(F)(F)(F)C(F)(F)C(F)(F)C(F)(F)F. The van der Waals surface area contributed by atoms with Crippen LogP contribution in [0.5, 0.6) is 0 Å². The van der Waals surface area contributed by atoms with E-state index in [1.54, 1.807) is 0 Å². The Morgan fingerprint density at radius 3 is 1.00 bits per heavy atom. The summed E-state index contributed by atoms with van der Waals surface area (Å²) in [5.41, 5.74) is -7.13. The number of hydrogen-bond donors (Lipinski definition) is 0. The van der Waals surface area contributed by atoms with Crippen molar-refractivity contribution >= 4 is 6.88 Å². The predicted octanol–water partition coefficient (Wildman–Crippen LogP) is 4.78. The van der Waals surface area contributed by atoms with E-state index in [-0.39, 0.29) is 0 Å². The zero-order valence-corrected chi connectivity index (χ0v) is 8.62. The maximum atomic E-state index is 12.6. The van der Waals surface area contributed by atoms with Crippen LogP contribution in [0.3, 0.4) is 0 Å². The van der Waals surface area contributed by atoms with Gasteiger partial charge < -0.3 is 0 Å². The molecule has 0 bridgehead atoms. The van der Waals surface area contributed by atoms with E-state index in [1.807, 2.05) is 0 Å². The first-order valence-electron chi connectivity index (χ1n) is 3.45. The van der Waals surface area contributed by atoms with E-state index in [9.17, 15) is 43.3 Å². The van der Waals surface area contributed by atoms with Gasteiger partial charge in [-0.15, -0.1) is 0 Å². The summed E-state index contributed by atoms with van der Waals surface area (Å²) in [6, 6.07) is 0. The van der Waals surface area contributed by atoms with Gasteiger partial charge in [0.25, 0.3) is 0 Å². The average Bonchev–Trinajstić information content (AvgIpc) is 1.77. The summed E-state index contributed by atoms with van der Waals surface area (Å²) in [7, 11) is 0. The van der Waals surface area contributed by atoms with E-state index in [4.69, 9.17) is 0 Å². The summed E-state index contributed by atoms with van der Waals surface area (Å²) in [6.07, 6.45) is -6.98. The second kappa shape index (κ2) is 2.59. The first kappa shape index (κ1) is 15.7. The molecule has 11 heteroatoms. The molecule has 0 rings (SSSR count). The zero-order chi connectivity index (χ0) is 13.9. The molecule has 16 heavy (non-hydrogen) atoms. The minimum atomic E-state index is -9.58. The number of alkyl halides is 7. The Bertz CT molecular complexity index is 290. The Morgan fingerprint density at radius 1 is 0.688 bits per heavy atom. The fourth-order valence-corrected chi connectivity index (χ4v) is 1.62. The van der Waals surface area contributed by atoms with Gasteiger partial charge in [0.05, 0.1) is 0 Å². The molecule has 0 atom stereocenters. The molecular weight excluding hydrogens is 281 g/mol. The molecule has 0 unspecified atom stereocenters. The van der Waals surface area contributed by atoms with Crippen molar-refractivity contribution in [3.05, 3.63) is 0 Å². The maximum absolute atomic E-state index is 12.6. The Balaban J connectivity index is 5.96. The van der Waals surface area contributed by atoms with E-state index in [2.05, 4.69) is 0 Å². The molecule has 0 heterocycles. The van der Waals surface area contributed by atoms with Gasteiger partial charge in [-0.2, -0.15) is 0 Å². The van der Waals surface area contributed by atoms with Crippen molar-refractivity contribution in [3.63, 3.8) is 0 Å². The Hall–Kier alpha value is -0.270. The van der Waals surface area contributed by atoms with Crippen LogP contribution in [-0.2, 0) is 0 Å². The Kier molecular flexibility index (Phi) is 2.55. The summed E-state index contributed by atoms with van der Waals surface area (Å²) in [5, 5.41) is 0. The van der Waals surface area contributed by atoms with Crippen molar-refractivity contribution in [3.8, 4) is 0 Å². The molecule has 0 aliphatic heterocycles. The van der Waals surface area contributed by atoms with Gasteiger partial charge in [0.15, 0.2) is 0 Å². The third-order valence-electron chi connectivity index (χ3n) is 1.61. The standard InChI is InChI=1S/C5H6F10P/c1-16(2,13,14,15)5(11,12)3(6,7)4(8,9)10/h1-2H3/q-1. The van der Waals surface area contributed by atoms with Crippen molar-refractivity contribution in [2.45, 2.75) is 17.8 Å². The summed E-state index contributed by atoms with van der Waals surface area (Å²) < 4.78 is 122. The van der Waals surface area contributed by atoms with Crippen LogP contribution in [0.25, 0.3) is 0 Å². The van der Waals surface area contributed by atoms with Crippen LogP contribution in [0.2, 0.25) is 0 Å². The molecular formula is C5H6F10P-. The summed E-state index contributed by atoms with van der Waals surface area (Å²) in [4.78, 5) is 0. The molecule has 0 aromatic heterocycles. The first-order valence-corrected chi connectivity index (χ1v) is 6.70. The monoisotopic (exact) mass is 287 g/mol. The molecule has 0 nitrogen and oxygen atoms in total. The molecule has 0 N–H and O–H groups in total. The number of rotatable bonds is 2. The molecule has 0 amide bonds. The van der Waals surface area contributed by atoms with Crippen molar-refractivity contribution in [2.75, 3.05) is 13.3 Å². The first-order chi connectivity index (χ1) is 6.25. The van der Waals surface area contributed by atoms with E-state index < -0.39 is 38.0 Å². The molecule has 0 radical (unpaired) electrons. The van der Waals surface area contributed by atoms with Gasteiger partial charge in [-0.1, -0.05) is 0 Å². The fraction of sp³-hybridized carbons (Fsp3) is 1.00. The third kappa shape index (κ3) is 2.08. The van der Waals surface area contributed by atoms with Crippen LogP contribution in [0.1, 0.15) is 0 Å². The Morgan fingerprint density at radius 2 is 0.938 bits per heavy atom. The van der Waals surface area contributed by atoms with E-state index in [1.165, 1.54) is 0 Å². The normalized spacial score (nSPS) is 20.2. The van der Waals surface area contributed by atoms with E-state index in [0.29, 0.717) is 0 Å². The van der Waals surface area contributed by atoms with Gasteiger partial charge >= 0.3 is 81.3 Å². The van der Waals surface area contributed by atoms with Crippen LogP contribution >= 0.6 is 6.88 Å². The molecule has 0 spiro atoms.